The van der Waals surface area contributed by atoms with Gasteiger partial charge in [-0.3, -0.25) is 4.79 Å². The zero-order valence-electron chi connectivity index (χ0n) is 14.0. The summed E-state index contributed by atoms with van der Waals surface area (Å²) in [6.45, 7) is 3.88. The van der Waals surface area contributed by atoms with E-state index in [1.807, 2.05) is 44.2 Å². The number of carbonyl (C=O) groups excluding carboxylic acids is 1. The monoisotopic (exact) mass is 355 g/mol. The van der Waals surface area contributed by atoms with E-state index in [0.717, 1.165) is 11.1 Å². The molecule has 0 aliphatic heterocycles. The second-order valence-corrected chi connectivity index (χ2v) is 6.25. The molecule has 0 saturated carbocycles. The fourth-order valence-electron chi connectivity index (χ4n) is 2.35. The Morgan fingerprint density at radius 2 is 1.92 bits per heavy atom. The predicted octanol–water partition coefficient (Wildman–Crippen LogP) is 4.58. The zero-order chi connectivity index (χ0) is 17.8. The van der Waals surface area contributed by atoms with Crippen molar-refractivity contribution in [1.29, 1.82) is 0 Å². The van der Waals surface area contributed by atoms with Crippen molar-refractivity contribution < 1.29 is 9.32 Å². The van der Waals surface area contributed by atoms with Crippen LogP contribution in [0.15, 0.2) is 47.0 Å². The van der Waals surface area contributed by atoms with Crippen LogP contribution in [0.25, 0.3) is 11.4 Å². The van der Waals surface area contributed by atoms with E-state index in [9.17, 15) is 4.79 Å². The van der Waals surface area contributed by atoms with E-state index in [2.05, 4.69) is 15.5 Å². The maximum Gasteiger partial charge on any atom is 0.227 e. The van der Waals surface area contributed by atoms with Crippen LogP contribution in [-0.2, 0) is 11.2 Å². The number of aryl methyl sites for hydroxylation is 2. The van der Waals surface area contributed by atoms with Gasteiger partial charge in [0.25, 0.3) is 0 Å². The molecule has 6 heteroatoms. The van der Waals surface area contributed by atoms with E-state index in [1.54, 1.807) is 12.1 Å². The van der Waals surface area contributed by atoms with Crippen LogP contribution in [0.4, 0.5) is 5.69 Å². The van der Waals surface area contributed by atoms with Gasteiger partial charge in [-0.15, -0.1) is 0 Å². The molecular formula is C19H18ClN3O2. The molecule has 0 spiro atoms. The molecule has 1 heterocycles. The molecule has 0 bridgehead atoms. The minimum absolute atomic E-state index is 0.125. The minimum Gasteiger partial charge on any atom is -0.339 e. The molecule has 3 rings (SSSR count). The predicted molar refractivity (Wildman–Crippen MR) is 97.6 cm³/mol. The van der Waals surface area contributed by atoms with Crippen LogP contribution in [0, 0.1) is 13.8 Å². The lowest BCUT2D eigenvalue weighted by molar-refractivity contribution is -0.116. The number of anilines is 1. The van der Waals surface area contributed by atoms with E-state index in [4.69, 9.17) is 16.1 Å². The van der Waals surface area contributed by atoms with Gasteiger partial charge in [-0.05, 0) is 31.5 Å². The Labute approximate surface area is 151 Å². The van der Waals surface area contributed by atoms with Gasteiger partial charge in [-0.25, -0.2) is 0 Å². The third-order valence-electron chi connectivity index (χ3n) is 3.89. The lowest BCUT2D eigenvalue weighted by atomic mass is 10.1. The van der Waals surface area contributed by atoms with Crippen molar-refractivity contribution in [3.63, 3.8) is 0 Å². The summed E-state index contributed by atoms with van der Waals surface area (Å²) in [4.78, 5) is 16.5. The molecule has 0 fully saturated rings. The first-order valence-electron chi connectivity index (χ1n) is 7.97. The molecule has 2 aromatic carbocycles. The fourth-order valence-corrected chi connectivity index (χ4v) is 2.53. The van der Waals surface area contributed by atoms with E-state index >= 15 is 0 Å². The number of halogens is 1. The standard InChI is InChI=1S/C19H18ClN3O2/c1-12-6-8-14(9-7-12)19-22-18(25-23-19)11-10-17(24)21-16-5-3-4-15(20)13(16)2/h3-9H,10-11H2,1-2H3,(H,21,24). The number of amides is 1. The summed E-state index contributed by atoms with van der Waals surface area (Å²) in [5.74, 6) is 0.843. The van der Waals surface area contributed by atoms with Gasteiger partial charge < -0.3 is 9.84 Å². The molecule has 0 aliphatic rings. The van der Waals surface area contributed by atoms with Crippen molar-refractivity contribution in [2.75, 3.05) is 5.32 Å². The molecule has 1 N–H and O–H groups in total. The molecule has 128 valence electrons. The second kappa shape index (κ2) is 7.49. The third kappa shape index (κ3) is 4.25. The molecule has 0 atom stereocenters. The zero-order valence-corrected chi connectivity index (χ0v) is 14.8. The van der Waals surface area contributed by atoms with Crippen LogP contribution in [0.5, 0.6) is 0 Å². The first kappa shape index (κ1) is 17.2. The topological polar surface area (TPSA) is 68.0 Å². The first-order chi connectivity index (χ1) is 12.0. The summed E-state index contributed by atoms with van der Waals surface area (Å²) in [5, 5.41) is 7.44. The summed E-state index contributed by atoms with van der Waals surface area (Å²) in [5.41, 5.74) is 3.61. The lowest BCUT2D eigenvalue weighted by Gasteiger charge is -2.08. The van der Waals surface area contributed by atoms with Gasteiger partial charge in [0.05, 0.1) is 0 Å². The van der Waals surface area contributed by atoms with Crippen LogP contribution in [0.3, 0.4) is 0 Å². The quantitative estimate of drug-likeness (QED) is 0.727. The summed E-state index contributed by atoms with van der Waals surface area (Å²) in [6, 6.07) is 13.3. The van der Waals surface area contributed by atoms with Gasteiger partial charge in [-0.1, -0.05) is 52.7 Å². The average Bonchev–Trinajstić information content (AvgIpc) is 3.07. The number of benzene rings is 2. The van der Waals surface area contributed by atoms with Crippen molar-refractivity contribution in [3.05, 3.63) is 64.5 Å². The number of rotatable bonds is 5. The fraction of sp³-hybridized carbons (Fsp3) is 0.211. The van der Waals surface area contributed by atoms with Crippen molar-refractivity contribution >= 4 is 23.2 Å². The lowest BCUT2D eigenvalue weighted by Crippen LogP contribution is -2.13. The van der Waals surface area contributed by atoms with Crippen molar-refractivity contribution in [2.24, 2.45) is 0 Å². The van der Waals surface area contributed by atoms with Gasteiger partial charge in [0.15, 0.2) is 0 Å². The molecule has 5 nitrogen and oxygen atoms in total. The molecular weight excluding hydrogens is 338 g/mol. The van der Waals surface area contributed by atoms with Crippen LogP contribution in [0.2, 0.25) is 5.02 Å². The van der Waals surface area contributed by atoms with Crippen LogP contribution < -0.4 is 5.32 Å². The molecule has 0 radical (unpaired) electrons. The minimum atomic E-state index is -0.125. The SMILES string of the molecule is Cc1ccc(-c2noc(CCC(=O)Nc3cccc(Cl)c3C)n2)cc1. The van der Waals surface area contributed by atoms with Crippen molar-refractivity contribution in [1.82, 2.24) is 10.1 Å². The highest BCUT2D eigenvalue weighted by molar-refractivity contribution is 6.31. The Morgan fingerprint density at radius 1 is 1.16 bits per heavy atom. The number of nitrogens with zero attached hydrogens (tertiary/aromatic N) is 2. The second-order valence-electron chi connectivity index (χ2n) is 5.84. The van der Waals surface area contributed by atoms with Crippen molar-refractivity contribution in [2.45, 2.75) is 26.7 Å². The molecule has 0 aliphatic carbocycles. The highest BCUT2D eigenvalue weighted by atomic mass is 35.5. The molecule has 0 saturated heterocycles. The molecule has 1 amide bonds. The number of hydrogen-bond donors (Lipinski definition) is 1. The number of aromatic nitrogens is 2. The van der Waals surface area contributed by atoms with Gasteiger partial charge in [0, 0.05) is 29.1 Å². The molecule has 1 aromatic heterocycles. The van der Waals surface area contributed by atoms with Crippen LogP contribution in [-0.4, -0.2) is 16.0 Å². The largest absolute Gasteiger partial charge is 0.339 e. The summed E-state index contributed by atoms with van der Waals surface area (Å²) >= 11 is 6.06. The van der Waals surface area contributed by atoms with E-state index in [-0.39, 0.29) is 12.3 Å². The van der Waals surface area contributed by atoms with Crippen molar-refractivity contribution in [3.8, 4) is 11.4 Å². The number of hydrogen-bond acceptors (Lipinski definition) is 4. The summed E-state index contributed by atoms with van der Waals surface area (Å²) in [7, 11) is 0. The van der Waals surface area contributed by atoms with Gasteiger partial charge in [0.1, 0.15) is 0 Å². The highest BCUT2D eigenvalue weighted by Gasteiger charge is 2.12. The van der Waals surface area contributed by atoms with Crippen LogP contribution >= 0.6 is 11.6 Å². The van der Waals surface area contributed by atoms with E-state index < -0.39 is 0 Å². The van der Waals surface area contributed by atoms with E-state index in [0.29, 0.717) is 28.8 Å². The van der Waals surface area contributed by atoms with Gasteiger partial charge >= 0.3 is 0 Å². The molecule has 0 unspecified atom stereocenters. The summed E-state index contributed by atoms with van der Waals surface area (Å²) < 4.78 is 5.23. The van der Waals surface area contributed by atoms with Gasteiger partial charge in [0.2, 0.25) is 17.6 Å². The van der Waals surface area contributed by atoms with Gasteiger partial charge in [-0.2, -0.15) is 4.98 Å². The molecule has 3 aromatic rings. The maximum atomic E-state index is 12.1. The maximum absolute atomic E-state index is 12.1. The Kier molecular flexibility index (Phi) is 5.14. The van der Waals surface area contributed by atoms with E-state index in [1.165, 1.54) is 5.56 Å². The number of nitrogens with one attached hydrogen (secondary N) is 1. The Bertz CT molecular complexity index is 888. The Balaban J connectivity index is 1.59. The van der Waals surface area contributed by atoms with Crippen LogP contribution in [0.1, 0.15) is 23.4 Å². The first-order valence-corrected chi connectivity index (χ1v) is 8.35. The normalized spacial score (nSPS) is 10.7. The Hall–Kier alpha value is -2.66. The summed E-state index contributed by atoms with van der Waals surface area (Å²) in [6.07, 6.45) is 0.631. The highest BCUT2D eigenvalue weighted by Crippen LogP contribution is 2.23. The Morgan fingerprint density at radius 3 is 2.68 bits per heavy atom. The smallest absolute Gasteiger partial charge is 0.227 e. The number of carbonyl (C=O) groups is 1. The average molecular weight is 356 g/mol. The molecule has 25 heavy (non-hydrogen) atoms. The third-order valence-corrected chi connectivity index (χ3v) is 4.30.